The number of esters is 3. The van der Waals surface area contributed by atoms with Crippen molar-refractivity contribution in [3.8, 4) is 11.5 Å². The lowest BCUT2D eigenvalue weighted by Gasteiger charge is -2.10. The maximum absolute atomic E-state index is 12.5. The Morgan fingerprint density at radius 1 is 0.861 bits per heavy atom. The lowest BCUT2D eigenvalue weighted by molar-refractivity contribution is -0.138. The van der Waals surface area contributed by atoms with Crippen LogP contribution in [0.3, 0.4) is 0 Å². The van der Waals surface area contributed by atoms with Crippen LogP contribution in [0.4, 0.5) is 5.69 Å². The molecule has 8 nitrogen and oxygen atoms in total. The minimum Gasteiger partial charge on any atom is -0.463 e. The lowest BCUT2D eigenvalue weighted by Crippen LogP contribution is -2.12. The van der Waals surface area contributed by atoms with Crippen LogP contribution in [0.5, 0.6) is 11.5 Å². The summed E-state index contributed by atoms with van der Waals surface area (Å²) in [6, 6.07) is 13.1. The fourth-order valence-corrected chi connectivity index (χ4v) is 3.21. The molecule has 0 saturated carbocycles. The van der Waals surface area contributed by atoms with Crippen LogP contribution < -0.4 is 14.8 Å². The van der Waals surface area contributed by atoms with E-state index in [0.717, 1.165) is 24.1 Å². The number of anilines is 1. The van der Waals surface area contributed by atoms with Gasteiger partial charge >= 0.3 is 17.9 Å². The van der Waals surface area contributed by atoms with Gasteiger partial charge in [0.25, 0.3) is 0 Å². The first kappa shape index (κ1) is 26.4. The summed E-state index contributed by atoms with van der Waals surface area (Å²) >= 11 is 0. The van der Waals surface area contributed by atoms with Crippen molar-refractivity contribution in [2.24, 2.45) is 0 Å². The van der Waals surface area contributed by atoms with Gasteiger partial charge in [-0.2, -0.15) is 0 Å². The zero-order valence-electron chi connectivity index (χ0n) is 20.3. The predicted molar refractivity (Wildman–Crippen MR) is 135 cm³/mol. The van der Waals surface area contributed by atoms with E-state index in [4.69, 9.17) is 18.9 Å². The van der Waals surface area contributed by atoms with Crippen LogP contribution in [0.2, 0.25) is 0 Å². The summed E-state index contributed by atoms with van der Waals surface area (Å²) in [4.78, 5) is 36.7. The quantitative estimate of drug-likeness (QED) is 0.210. The molecule has 0 amide bonds. The summed E-state index contributed by atoms with van der Waals surface area (Å²) in [7, 11) is 3.43. The minimum atomic E-state index is -0.536. The van der Waals surface area contributed by atoms with E-state index in [-0.39, 0.29) is 0 Å². The van der Waals surface area contributed by atoms with E-state index in [9.17, 15) is 14.4 Å². The number of rotatable bonds is 11. The van der Waals surface area contributed by atoms with Crippen molar-refractivity contribution < 1.29 is 33.3 Å². The summed E-state index contributed by atoms with van der Waals surface area (Å²) in [6.45, 7) is 0.970. The van der Waals surface area contributed by atoms with Gasteiger partial charge in [-0.15, -0.1) is 0 Å². The third-order valence-corrected chi connectivity index (χ3v) is 5.21. The number of unbranched alkanes of at least 4 members (excludes halogenated alkanes) is 1. The molecule has 0 saturated heterocycles. The van der Waals surface area contributed by atoms with Crippen molar-refractivity contribution in [3.05, 3.63) is 89.5 Å². The maximum atomic E-state index is 12.5. The van der Waals surface area contributed by atoms with E-state index >= 15 is 0 Å². The number of nitrogens with one attached hydrogen (secondary N) is 1. The van der Waals surface area contributed by atoms with Gasteiger partial charge in [0.05, 0.1) is 17.7 Å². The van der Waals surface area contributed by atoms with E-state index in [1.165, 1.54) is 30.3 Å². The molecule has 1 aliphatic rings. The third-order valence-electron chi connectivity index (χ3n) is 5.21. The van der Waals surface area contributed by atoms with Gasteiger partial charge < -0.3 is 24.3 Å². The number of hydrogen-bond acceptors (Lipinski definition) is 8. The number of allylic oxidation sites excluding steroid dienone is 3. The fraction of sp³-hybridized carbons (Fsp3) is 0.250. The van der Waals surface area contributed by atoms with Gasteiger partial charge in [-0.25, -0.2) is 14.4 Å². The number of benzene rings is 2. The average Bonchev–Trinajstić information content (AvgIpc) is 2.89. The lowest BCUT2D eigenvalue weighted by atomic mass is 10.0. The zero-order chi connectivity index (χ0) is 25.8. The molecule has 0 bridgehead atoms. The summed E-state index contributed by atoms with van der Waals surface area (Å²) in [6.07, 6.45) is 8.34. The smallest absolute Gasteiger partial charge is 0.343 e. The highest BCUT2D eigenvalue weighted by Gasteiger charge is 2.15. The zero-order valence-corrected chi connectivity index (χ0v) is 20.3. The normalized spacial score (nSPS) is 13.6. The van der Waals surface area contributed by atoms with Crippen molar-refractivity contribution in [2.75, 3.05) is 32.7 Å². The summed E-state index contributed by atoms with van der Waals surface area (Å²) in [5.41, 5.74) is 2.33. The molecule has 1 N–H and O–H groups in total. The van der Waals surface area contributed by atoms with Crippen LogP contribution in [0.25, 0.3) is 0 Å². The van der Waals surface area contributed by atoms with Gasteiger partial charge in [-0.05, 0) is 79.4 Å². The second kappa shape index (κ2) is 13.7. The van der Waals surface area contributed by atoms with Crippen LogP contribution in [0, 0.1) is 0 Å². The Morgan fingerprint density at radius 3 is 2.11 bits per heavy atom. The Bertz CT molecular complexity index is 1150. The van der Waals surface area contributed by atoms with Gasteiger partial charge in [0.15, 0.2) is 0 Å². The van der Waals surface area contributed by atoms with E-state index in [2.05, 4.69) is 5.32 Å². The first-order valence-electron chi connectivity index (χ1n) is 11.5. The van der Waals surface area contributed by atoms with Crippen LogP contribution >= 0.6 is 0 Å². The fourth-order valence-electron chi connectivity index (χ4n) is 3.21. The Hall–Kier alpha value is -4.17. The van der Waals surface area contributed by atoms with Crippen molar-refractivity contribution in [3.63, 3.8) is 0 Å². The number of carbonyl (C=O) groups excluding carboxylic acids is 3. The SMILES string of the molecule is CNc1ccc(OC(=O)c2ccc(OC(=O)C3=CCC(=CC(=O)OCCCCOC)C=C3)cc2)cc1. The molecule has 1 aliphatic carbocycles. The van der Waals surface area contributed by atoms with Gasteiger partial charge in [-0.1, -0.05) is 12.2 Å². The molecule has 0 aromatic heterocycles. The summed E-state index contributed by atoms with van der Waals surface area (Å²) < 4.78 is 20.9. The molecule has 8 heteroatoms. The molecule has 2 aromatic rings. The highest BCUT2D eigenvalue weighted by atomic mass is 16.5. The molecule has 2 aromatic carbocycles. The van der Waals surface area contributed by atoms with Crippen LogP contribution in [-0.2, 0) is 19.1 Å². The van der Waals surface area contributed by atoms with Gasteiger partial charge in [0.2, 0.25) is 0 Å². The molecule has 0 radical (unpaired) electrons. The topological polar surface area (TPSA) is 100 Å². The van der Waals surface area contributed by atoms with Crippen molar-refractivity contribution in [2.45, 2.75) is 19.3 Å². The predicted octanol–water partition coefficient (Wildman–Crippen LogP) is 4.64. The second-order valence-electron chi connectivity index (χ2n) is 7.86. The van der Waals surface area contributed by atoms with Gasteiger partial charge in [0, 0.05) is 32.5 Å². The van der Waals surface area contributed by atoms with Crippen LogP contribution in [0.1, 0.15) is 29.6 Å². The molecule has 188 valence electrons. The number of hydrogen-bond donors (Lipinski definition) is 1. The second-order valence-corrected chi connectivity index (χ2v) is 7.86. The van der Waals surface area contributed by atoms with E-state index < -0.39 is 17.9 Å². The highest BCUT2D eigenvalue weighted by Crippen LogP contribution is 2.21. The van der Waals surface area contributed by atoms with Crippen molar-refractivity contribution >= 4 is 23.6 Å². The first-order valence-corrected chi connectivity index (χ1v) is 11.5. The molecular formula is C28H29NO7. The van der Waals surface area contributed by atoms with Gasteiger partial charge in [-0.3, -0.25) is 0 Å². The Kier molecular flexibility index (Phi) is 10.0. The molecule has 0 heterocycles. The molecule has 0 spiro atoms. The van der Waals surface area contributed by atoms with Crippen LogP contribution in [-0.4, -0.2) is 45.3 Å². The Balaban J connectivity index is 1.47. The molecule has 0 fully saturated rings. The maximum Gasteiger partial charge on any atom is 0.343 e. The molecule has 0 atom stereocenters. The van der Waals surface area contributed by atoms with Crippen molar-refractivity contribution in [1.29, 1.82) is 0 Å². The highest BCUT2D eigenvalue weighted by molar-refractivity contribution is 5.94. The Morgan fingerprint density at radius 2 is 1.50 bits per heavy atom. The largest absolute Gasteiger partial charge is 0.463 e. The van der Waals surface area contributed by atoms with E-state index in [1.807, 2.05) is 0 Å². The molecule has 0 unspecified atom stereocenters. The number of methoxy groups -OCH3 is 1. The van der Waals surface area contributed by atoms with Gasteiger partial charge in [0.1, 0.15) is 11.5 Å². The van der Waals surface area contributed by atoms with Crippen LogP contribution in [0.15, 0.2) is 84.0 Å². The standard InChI is InChI=1S/C28H29NO7/c1-29-23-11-15-25(16-12-23)36-28(32)22-9-13-24(14-10-22)35-27(31)21-7-5-20(6-8-21)19-26(30)34-18-4-3-17-33-2/h5,7-16,19,29H,3-4,6,17-18H2,1-2H3. The molecular weight excluding hydrogens is 462 g/mol. The number of carbonyl (C=O) groups is 3. The third kappa shape index (κ3) is 8.25. The Labute approximate surface area is 210 Å². The summed E-state index contributed by atoms with van der Waals surface area (Å²) in [5, 5.41) is 2.99. The number of ether oxygens (including phenoxy) is 4. The first-order chi connectivity index (χ1) is 17.5. The molecule has 36 heavy (non-hydrogen) atoms. The molecule has 0 aliphatic heterocycles. The molecule has 3 rings (SSSR count). The minimum absolute atomic E-state index is 0.294. The monoisotopic (exact) mass is 491 g/mol. The van der Waals surface area contributed by atoms with Crippen molar-refractivity contribution in [1.82, 2.24) is 0 Å². The average molecular weight is 492 g/mol. The van der Waals surface area contributed by atoms with E-state index in [1.54, 1.807) is 56.7 Å². The summed E-state index contributed by atoms with van der Waals surface area (Å²) in [5.74, 6) is -0.751. The van der Waals surface area contributed by atoms with E-state index in [0.29, 0.717) is 42.3 Å².